The predicted molar refractivity (Wildman–Crippen MR) is 101 cm³/mol. The van der Waals surface area contributed by atoms with Gasteiger partial charge in [0.05, 0.1) is 6.10 Å². The largest absolute Gasteiger partial charge is 0.391 e. The van der Waals surface area contributed by atoms with Gasteiger partial charge in [-0.3, -0.25) is 4.79 Å². The van der Waals surface area contributed by atoms with E-state index >= 15 is 0 Å². The van der Waals surface area contributed by atoms with Gasteiger partial charge in [-0.05, 0) is 44.0 Å². The fourth-order valence-electron chi connectivity index (χ4n) is 3.95. The van der Waals surface area contributed by atoms with E-state index in [0.717, 1.165) is 36.6 Å². The highest BCUT2D eigenvalue weighted by atomic mass is 35.5. The molecule has 0 aliphatic carbocycles. The van der Waals surface area contributed by atoms with E-state index in [1.807, 2.05) is 19.2 Å². The lowest BCUT2D eigenvalue weighted by Gasteiger charge is -2.22. The van der Waals surface area contributed by atoms with Crippen molar-refractivity contribution in [3.63, 3.8) is 0 Å². The minimum atomic E-state index is -0.402. The Kier molecular flexibility index (Phi) is 6.20. The standard InChI is InChI=1S/C19H28ClN3O2/c1-22-12-14(18(24)13-22)11-19(25)21-8-7-15-16(20)5-4-6-17(15)23-9-2-3-10-23/h4-6,14,18,24H,2-3,7-13H2,1H3,(H,21,25)/t14-,18-/m1/s1. The van der Waals surface area contributed by atoms with Crippen LogP contribution in [0, 0.1) is 5.92 Å². The first-order valence-electron chi connectivity index (χ1n) is 9.20. The second-order valence-electron chi connectivity index (χ2n) is 7.28. The number of nitrogens with zero attached hydrogens (tertiary/aromatic N) is 2. The van der Waals surface area contributed by atoms with Gasteiger partial charge in [-0.15, -0.1) is 0 Å². The molecule has 3 rings (SSSR count). The van der Waals surface area contributed by atoms with Crippen LogP contribution in [0.1, 0.15) is 24.8 Å². The summed E-state index contributed by atoms with van der Waals surface area (Å²) in [6.07, 6.45) is 3.15. The first kappa shape index (κ1) is 18.5. The number of anilines is 1. The SMILES string of the molecule is CN1C[C@@H](CC(=O)NCCc2c(Cl)cccc2N2CCCC2)[C@H](O)C1. The van der Waals surface area contributed by atoms with Crippen LogP contribution in [-0.4, -0.2) is 61.8 Å². The van der Waals surface area contributed by atoms with Crippen molar-refractivity contribution in [1.82, 2.24) is 10.2 Å². The minimum Gasteiger partial charge on any atom is -0.391 e. The van der Waals surface area contributed by atoms with Crippen LogP contribution < -0.4 is 10.2 Å². The molecule has 25 heavy (non-hydrogen) atoms. The zero-order valence-corrected chi connectivity index (χ0v) is 15.6. The van der Waals surface area contributed by atoms with E-state index in [1.165, 1.54) is 18.5 Å². The van der Waals surface area contributed by atoms with E-state index in [0.29, 0.717) is 19.5 Å². The number of β-amino-alcohol motifs (C(OH)–C–C–N with tert-alkyl or cyclic N) is 1. The number of amides is 1. The topological polar surface area (TPSA) is 55.8 Å². The van der Waals surface area contributed by atoms with E-state index in [2.05, 4.69) is 21.2 Å². The smallest absolute Gasteiger partial charge is 0.220 e. The van der Waals surface area contributed by atoms with Gasteiger partial charge < -0.3 is 20.2 Å². The molecule has 2 aliphatic rings. The molecule has 2 fully saturated rings. The van der Waals surface area contributed by atoms with Gasteiger partial charge in [-0.25, -0.2) is 0 Å². The summed E-state index contributed by atoms with van der Waals surface area (Å²) in [6, 6.07) is 6.04. The minimum absolute atomic E-state index is 0.00845. The third-order valence-electron chi connectivity index (χ3n) is 5.27. The van der Waals surface area contributed by atoms with Gasteiger partial charge in [0, 0.05) is 55.8 Å². The Morgan fingerprint density at radius 2 is 2.08 bits per heavy atom. The second-order valence-corrected chi connectivity index (χ2v) is 7.69. The van der Waals surface area contributed by atoms with Crippen LogP contribution in [0.4, 0.5) is 5.69 Å². The van der Waals surface area contributed by atoms with Crippen LogP contribution in [0.2, 0.25) is 5.02 Å². The van der Waals surface area contributed by atoms with Gasteiger partial charge in [-0.1, -0.05) is 17.7 Å². The summed E-state index contributed by atoms with van der Waals surface area (Å²) in [4.78, 5) is 16.6. The number of aliphatic hydroxyl groups excluding tert-OH is 1. The van der Waals surface area contributed by atoms with E-state index in [9.17, 15) is 9.90 Å². The molecule has 0 bridgehead atoms. The van der Waals surface area contributed by atoms with Crippen molar-refractivity contribution in [3.05, 3.63) is 28.8 Å². The molecule has 1 amide bonds. The number of likely N-dealkylation sites (N-methyl/N-ethyl adjacent to an activating group) is 1. The molecular formula is C19H28ClN3O2. The normalized spacial score (nSPS) is 24.0. The molecule has 6 heteroatoms. The number of carbonyl (C=O) groups excluding carboxylic acids is 1. The fourth-order valence-corrected chi connectivity index (χ4v) is 4.22. The van der Waals surface area contributed by atoms with Crippen LogP contribution in [0.3, 0.4) is 0 Å². The van der Waals surface area contributed by atoms with Crippen molar-refractivity contribution in [3.8, 4) is 0 Å². The van der Waals surface area contributed by atoms with Gasteiger partial charge in [0.2, 0.25) is 5.91 Å². The number of halogens is 1. The van der Waals surface area contributed by atoms with Gasteiger partial charge in [0.15, 0.2) is 0 Å². The third kappa shape index (κ3) is 4.66. The first-order valence-corrected chi connectivity index (χ1v) is 9.58. The number of hydrogen-bond acceptors (Lipinski definition) is 4. The number of likely N-dealkylation sites (tertiary alicyclic amines) is 1. The van der Waals surface area contributed by atoms with Crippen LogP contribution in [0.25, 0.3) is 0 Å². The van der Waals surface area contributed by atoms with E-state index in [-0.39, 0.29) is 11.8 Å². The second kappa shape index (κ2) is 8.39. The van der Waals surface area contributed by atoms with Crippen LogP contribution in [0.5, 0.6) is 0 Å². The Bertz CT molecular complexity index is 604. The summed E-state index contributed by atoms with van der Waals surface area (Å²) in [5.74, 6) is 0.0413. The van der Waals surface area contributed by atoms with Crippen LogP contribution in [0.15, 0.2) is 18.2 Å². The predicted octanol–water partition coefficient (Wildman–Crippen LogP) is 1.91. The maximum absolute atomic E-state index is 12.2. The van der Waals surface area contributed by atoms with E-state index in [4.69, 9.17) is 11.6 Å². The van der Waals surface area contributed by atoms with Crippen LogP contribution >= 0.6 is 11.6 Å². The quantitative estimate of drug-likeness (QED) is 0.808. The number of benzene rings is 1. The number of hydrogen-bond donors (Lipinski definition) is 2. The summed E-state index contributed by atoms with van der Waals surface area (Å²) < 4.78 is 0. The summed E-state index contributed by atoms with van der Waals surface area (Å²) >= 11 is 6.42. The number of carbonyl (C=O) groups is 1. The summed E-state index contributed by atoms with van der Waals surface area (Å²) in [5.41, 5.74) is 2.32. The molecule has 2 heterocycles. The first-order chi connectivity index (χ1) is 12.0. The maximum Gasteiger partial charge on any atom is 0.220 e. The van der Waals surface area contributed by atoms with Crippen molar-refractivity contribution in [2.75, 3.05) is 44.7 Å². The molecule has 0 radical (unpaired) electrons. The lowest BCUT2D eigenvalue weighted by atomic mass is 10.0. The maximum atomic E-state index is 12.2. The van der Waals surface area contributed by atoms with E-state index < -0.39 is 6.10 Å². The van der Waals surface area contributed by atoms with Crippen LogP contribution in [-0.2, 0) is 11.2 Å². The lowest BCUT2D eigenvalue weighted by Crippen LogP contribution is -2.31. The van der Waals surface area contributed by atoms with Gasteiger partial charge >= 0.3 is 0 Å². The molecule has 138 valence electrons. The summed E-state index contributed by atoms with van der Waals surface area (Å²) in [7, 11) is 1.97. The Balaban J connectivity index is 1.52. The molecule has 0 unspecified atom stereocenters. The number of rotatable bonds is 6. The van der Waals surface area contributed by atoms with Gasteiger partial charge in [-0.2, -0.15) is 0 Å². The molecule has 2 N–H and O–H groups in total. The molecule has 1 aromatic carbocycles. The number of nitrogens with one attached hydrogen (secondary N) is 1. The Morgan fingerprint density at radius 3 is 2.76 bits per heavy atom. The number of aliphatic hydroxyl groups is 1. The van der Waals surface area contributed by atoms with Gasteiger partial charge in [0.25, 0.3) is 0 Å². The molecular weight excluding hydrogens is 338 g/mol. The molecule has 2 atom stereocenters. The molecule has 5 nitrogen and oxygen atoms in total. The van der Waals surface area contributed by atoms with Crippen molar-refractivity contribution in [2.45, 2.75) is 31.8 Å². The Morgan fingerprint density at radius 1 is 1.32 bits per heavy atom. The molecule has 0 saturated carbocycles. The Labute approximate surface area is 154 Å². The highest BCUT2D eigenvalue weighted by Gasteiger charge is 2.30. The lowest BCUT2D eigenvalue weighted by molar-refractivity contribution is -0.122. The molecule has 0 aromatic heterocycles. The highest BCUT2D eigenvalue weighted by Crippen LogP contribution is 2.30. The Hall–Kier alpha value is -1.30. The molecule has 2 saturated heterocycles. The fraction of sp³-hybridized carbons (Fsp3) is 0.632. The zero-order valence-electron chi connectivity index (χ0n) is 14.9. The summed E-state index contributed by atoms with van der Waals surface area (Å²) in [6.45, 7) is 4.15. The van der Waals surface area contributed by atoms with Crippen molar-refractivity contribution >= 4 is 23.2 Å². The van der Waals surface area contributed by atoms with Crippen molar-refractivity contribution < 1.29 is 9.90 Å². The highest BCUT2D eigenvalue weighted by molar-refractivity contribution is 6.31. The molecule has 0 spiro atoms. The average Bonchev–Trinajstić information content (AvgIpc) is 3.19. The van der Waals surface area contributed by atoms with Crippen molar-refractivity contribution in [1.29, 1.82) is 0 Å². The van der Waals surface area contributed by atoms with E-state index in [1.54, 1.807) is 0 Å². The van der Waals surface area contributed by atoms with Gasteiger partial charge in [0.1, 0.15) is 0 Å². The average molecular weight is 366 g/mol. The summed E-state index contributed by atoms with van der Waals surface area (Å²) in [5, 5.41) is 13.7. The monoisotopic (exact) mass is 365 g/mol. The van der Waals surface area contributed by atoms with Crippen molar-refractivity contribution in [2.24, 2.45) is 5.92 Å². The molecule has 1 aromatic rings. The molecule has 2 aliphatic heterocycles. The zero-order chi connectivity index (χ0) is 17.8. The third-order valence-corrected chi connectivity index (χ3v) is 5.63.